The molecule has 0 radical (unpaired) electrons. The molecule has 0 saturated carbocycles. The number of carbonyl (C=O) groups is 1. The van der Waals surface area contributed by atoms with Crippen LogP contribution in [0.3, 0.4) is 0 Å². The normalized spacial score (nSPS) is 11.2. The smallest absolute Gasteiger partial charge is 0.347 e. The van der Waals surface area contributed by atoms with Gasteiger partial charge in [0.2, 0.25) is 0 Å². The highest BCUT2D eigenvalue weighted by molar-refractivity contribution is 5.76. The summed E-state index contributed by atoms with van der Waals surface area (Å²) in [6, 6.07) is 0. The highest BCUT2D eigenvalue weighted by Crippen LogP contribution is 2.14. The summed E-state index contributed by atoms with van der Waals surface area (Å²) in [5, 5.41) is 8.71. The Balaban J connectivity index is 4.28. The highest BCUT2D eigenvalue weighted by atomic mass is 16.5. The Morgan fingerprint density at radius 3 is 2.46 bits per heavy atom. The predicted molar refractivity (Wildman–Crippen MR) is 51.3 cm³/mol. The molecule has 3 nitrogen and oxygen atoms in total. The number of ether oxygens (including phenoxy) is 1. The largest absolute Gasteiger partial charge is 0.478 e. The van der Waals surface area contributed by atoms with E-state index in [0.717, 1.165) is 0 Å². The van der Waals surface area contributed by atoms with Crippen molar-refractivity contribution in [1.82, 2.24) is 0 Å². The molecular weight excluding hydrogens is 168 g/mol. The third-order valence-corrected chi connectivity index (χ3v) is 1.32. The summed E-state index contributed by atoms with van der Waals surface area (Å²) in [6.45, 7) is 9.93. The van der Waals surface area contributed by atoms with Crippen LogP contribution in [0.15, 0.2) is 37.1 Å². The Kier molecular flexibility index (Phi) is 3.98. The van der Waals surface area contributed by atoms with Gasteiger partial charge in [-0.1, -0.05) is 25.3 Å². The van der Waals surface area contributed by atoms with Gasteiger partial charge in [0.05, 0.1) is 0 Å². The van der Waals surface area contributed by atoms with Crippen LogP contribution in [0.1, 0.15) is 13.8 Å². The lowest BCUT2D eigenvalue weighted by Gasteiger charge is -2.21. The lowest BCUT2D eigenvalue weighted by Crippen LogP contribution is -2.34. The van der Waals surface area contributed by atoms with E-state index in [1.54, 1.807) is 18.2 Å². The van der Waals surface area contributed by atoms with Crippen molar-refractivity contribution in [1.29, 1.82) is 0 Å². The molecule has 0 saturated heterocycles. The monoisotopic (exact) mass is 182 g/mol. The molecule has 0 amide bonds. The van der Waals surface area contributed by atoms with Crippen LogP contribution in [0, 0.1) is 0 Å². The first-order chi connectivity index (χ1) is 5.90. The number of hydrogen-bond donors (Lipinski definition) is 1. The van der Waals surface area contributed by atoms with Crippen LogP contribution >= 0.6 is 0 Å². The van der Waals surface area contributed by atoms with Crippen LogP contribution in [0.4, 0.5) is 0 Å². The first-order valence-electron chi connectivity index (χ1n) is 3.80. The fourth-order valence-corrected chi connectivity index (χ4v) is 0.581. The number of carboxylic acid groups (broad SMARTS) is 1. The van der Waals surface area contributed by atoms with Gasteiger partial charge in [-0.25, -0.2) is 4.79 Å². The molecule has 0 unspecified atom stereocenters. The molecule has 0 spiro atoms. The van der Waals surface area contributed by atoms with Gasteiger partial charge in [0.25, 0.3) is 0 Å². The van der Waals surface area contributed by atoms with E-state index in [2.05, 4.69) is 13.2 Å². The summed E-state index contributed by atoms with van der Waals surface area (Å²) in [6.07, 6.45) is 4.74. The minimum absolute atomic E-state index is 0.298. The molecule has 13 heavy (non-hydrogen) atoms. The van der Waals surface area contributed by atoms with Crippen LogP contribution in [0.5, 0.6) is 0 Å². The van der Waals surface area contributed by atoms with Crippen molar-refractivity contribution in [3.8, 4) is 0 Å². The van der Waals surface area contributed by atoms with E-state index in [9.17, 15) is 4.79 Å². The summed E-state index contributed by atoms with van der Waals surface area (Å²) < 4.78 is 5.07. The summed E-state index contributed by atoms with van der Waals surface area (Å²) >= 11 is 0. The summed E-state index contributed by atoms with van der Waals surface area (Å²) in [5.74, 6) is -0.729. The van der Waals surface area contributed by atoms with Gasteiger partial charge in [-0.3, -0.25) is 0 Å². The molecule has 0 aromatic rings. The quantitative estimate of drug-likeness (QED) is 0.523. The van der Waals surface area contributed by atoms with Gasteiger partial charge in [0, 0.05) is 0 Å². The van der Waals surface area contributed by atoms with E-state index < -0.39 is 11.6 Å². The SMILES string of the molecule is C=C/C=C\C(=C)OC(C)(C)C(=O)O. The topological polar surface area (TPSA) is 46.5 Å². The van der Waals surface area contributed by atoms with Crippen LogP contribution in [-0.2, 0) is 9.53 Å². The molecule has 0 aliphatic heterocycles. The number of allylic oxidation sites excluding steroid dienone is 3. The molecule has 0 rings (SSSR count). The molecule has 3 heteroatoms. The Labute approximate surface area is 78.0 Å². The minimum Gasteiger partial charge on any atom is -0.478 e. The standard InChI is InChI=1S/C10H14O3/c1-5-6-7-8(2)13-10(3,4)9(11)12/h5-7H,1-2H2,3-4H3,(H,11,12)/b7-6-. The van der Waals surface area contributed by atoms with Crippen molar-refractivity contribution >= 4 is 5.97 Å². The van der Waals surface area contributed by atoms with Gasteiger partial charge in [-0.05, 0) is 19.9 Å². The van der Waals surface area contributed by atoms with Crippen LogP contribution < -0.4 is 0 Å². The molecule has 0 aromatic carbocycles. The summed E-state index contributed by atoms with van der Waals surface area (Å²) in [5.41, 5.74) is -1.25. The molecule has 72 valence electrons. The Morgan fingerprint density at radius 2 is 2.08 bits per heavy atom. The van der Waals surface area contributed by atoms with E-state index in [0.29, 0.717) is 5.76 Å². The molecule has 0 atom stereocenters. The minimum atomic E-state index is -1.25. The van der Waals surface area contributed by atoms with Gasteiger partial charge < -0.3 is 9.84 Å². The number of hydrogen-bond acceptors (Lipinski definition) is 2. The van der Waals surface area contributed by atoms with E-state index >= 15 is 0 Å². The zero-order valence-corrected chi connectivity index (χ0v) is 7.91. The average molecular weight is 182 g/mol. The van der Waals surface area contributed by atoms with E-state index in [1.165, 1.54) is 13.8 Å². The van der Waals surface area contributed by atoms with Crippen molar-refractivity contribution in [2.24, 2.45) is 0 Å². The summed E-state index contributed by atoms with van der Waals surface area (Å²) in [7, 11) is 0. The maximum Gasteiger partial charge on any atom is 0.347 e. The van der Waals surface area contributed by atoms with E-state index in [1.807, 2.05) is 0 Å². The molecule has 1 N–H and O–H groups in total. The predicted octanol–water partition coefficient (Wildman–Crippen LogP) is 2.12. The first-order valence-corrected chi connectivity index (χ1v) is 3.80. The number of aliphatic carboxylic acids is 1. The Morgan fingerprint density at radius 1 is 1.54 bits per heavy atom. The average Bonchev–Trinajstić information content (AvgIpc) is 1.99. The van der Waals surface area contributed by atoms with Crippen molar-refractivity contribution in [3.05, 3.63) is 37.1 Å². The van der Waals surface area contributed by atoms with Gasteiger partial charge in [-0.15, -0.1) is 0 Å². The van der Waals surface area contributed by atoms with Crippen LogP contribution in [0.25, 0.3) is 0 Å². The second-order valence-electron chi connectivity index (χ2n) is 2.98. The third kappa shape index (κ3) is 4.15. The van der Waals surface area contributed by atoms with E-state index in [-0.39, 0.29) is 0 Å². The lowest BCUT2D eigenvalue weighted by atomic mass is 10.1. The molecule has 0 heterocycles. The van der Waals surface area contributed by atoms with Gasteiger partial charge in [0.1, 0.15) is 5.76 Å². The lowest BCUT2D eigenvalue weighted by molar-refractivity contribution is -0.156. The van der Waals surface area contributed by atoms with Crippen molar-refractivity contribution in [2.75, 3.05) is 0 Å². The highest BCUT2D eigenvalue weighted by Gasteiger charge is 2.29. The molecule has 0 aromatic heterocycles. The Hall–Kier alpha value is -1.51. The molecule has 0 aliphatic rings. The van der Waals surface area contributed by atoms with Crippen molar-refractivity contribution < 1.29 is 14.6 Å². The maximum absolute atomic E-state index is 10.6. The molecular formula is C10H14O3. The van der Waals surface area contributed by atoms with Crippen molar-refractivity contribution in [2.45, 2.75) is 19.4 Å². The summed E-state index contributed by atoms with van der Waals surface area (Å²) in [4.78, 5) is 10.6. The fraction of sp³-hybridized carbons (Fsp3) is 0.300. The first kappa shape index (κ1) is 11.5. The third-order valence-electron chi connectivity index (χ3n) is 1.32. The maximum atomic E-state index is 10.6. The zero-order valence-electron chi connectivity index (χ0n) is 7.91. The Bertz CT molecular complexity index is 249. The van der Waals surface area contributed by atoms with Gasteiger partial charge in [-0.2, -0.15) is 0 Å². The van der Waals surface area contributed by atoms with Crippen molar-refractivity contribution in [3.63, 3.8) is 0 Å². The van der Waals surface area contributed by atoms with Crippen LogP contribution in [-0.4, -0.2) is 16.7 Å². The number of carboxylic acids is 1. The van der Waals surface area contributed by atoms with Gasteiger partial charge in [0.15, 0.2) is 5.60 Å². The van der Waals surface area contributed by atoms with E-state index in [4.69, 9.17) is 9.84 Å². The molecule has 0 aliphatic carbocycles. The molecule has 0 fully saturated rings. The second kappa shape index (κ2) is 4.50. The number of rotatable bonds is 5. The zero-order chi connectivity index (χ0) is 10.5. The molecule has 0 bridgehead atoms. The van der Waals surface area contributed by atoms with Gasteiger partial charge >= 0.3 is 5.97 Å². The van der Waals surface area contributed by atoms with Crippen LogP contribution in [0.2, 0.25) is 0 Å². The fourth-order valence-electron chi connectivity index (χ4n) is 0.581. The second-order valence-corrected chi connectivity index (χ2v) is 2.98.